The van der Waals surface area contributed by atoms with Crippen molar-refractivity contribution >= 4 is 62.4 Å². The predicted molar refractivity (Wildman–Crippen MR) is 341 cm³/mol. The number of hydrogen-bond acceptors (Lipinski definition) is 13. The van der Waals surface area contributed by atoms with Gasteiger partial charge in [-0.3, -0.25) is 9.59 Å². The summed E-state index contributed by atoms with van der Waals surface area (Å²) in [6.45, 7) is 17.2. The van der Waals surface area contributed by atoms with Gasteiger partial charge in [0.25, 0.3) is 5.91 Å². The van der Waals surface area contributed by atoms with Crippen LogP contribution in [0.25, 0.3) is 22.5 Å². The quantitative estimate of drug-likeness (QED) is 0.0644. The molecule has 2 unspecified atom stereocenters. The van der Waals surface area contributed by atoms with Crippen LogP contribution in [0.3, 0.4) is 0 Å². The highest BCUT2D eigenvalue weighted by atomic mass is 79.9. The van der Waals surface area contributed by atoms with Crippen molar-refractivity contribution in [2.24, 2.45) is 0 Å². The van der Waals surface area contributed by atoms with Gasteiger partial charge >= 0.3 is 0 Å². The Hall–Kier alpha value is -7.18. The van der Waals surface area contributed by atoms with Crippen molar-refractivity contribution in [2.75, 3.05) is 114 Å². The number of piperazine rings is 2. The number of fused-ring (bicyclic) bond motifs is 6. The van der Waals surface area contributed by atoms with Crippen LogP contribution in [-0.4, -0.2) is 144 Å². The van der Waals surface area contributed by atoms with Crippen LogP contribution < -0.4 is 21.3 Å². The molecule has 2 amide bonds. The molecule has 2 aliphatic carbocycles. The Bertz CT molecular complexity index is 3520. The Labute approximate surface area is 501 Å². The first-order valence-corrected chi connectivity index (χ1v) is 30.9. The minimum atomic E-state index is -0.0660. The van der Waals surface area contributed by atoms with Gasteiger partial charge in [-0.15, -0.1) is 11.3 Å². The molecule has 12 rings (SSSR count). The largest absolute Gasteiger partial charge is 0.354 e. The zero-order chi connectivity index (χ0) is 57.2. The highest BCUT2D eigenvalue weighted by molar-refractivity contribution is 9.10. The number of carbonyl (C=O) groups excluding carboxylic acids is 2. The summed E-state index contributed by atoms with van der Waals surface area (Å²) in [5, 5.41) is 15.0. The first kappa shape index (κ1) is 57.6. The lowest BCUT2D eigenvalue weighted by Crippen LogP contribution is -2.44. The molecule has 0 spiro atoms. The fourth-order valence-corrected chi connectivity index (χ4v) is 12.8. The van der Waals surface area contributed by atoms with Crippen molar-refractivity contribution in [3.8, 4) is 22.5 Å². The van der Waals surface area contributed by atoms with Crippen molar-refractivity contribution < 1.29 is 9.59 Å². The number of thiophene rings is 1. The average molecular weight is 1190 g/mol. The molecule has 2 saturated heterocycles. The lowest BCUT2D eigenvalue weighted by atomic mass is 9.78. The zero-order valence-corrected chi connectivity index (χ0v) is 50.5. The van der Waals surface area contributed by atoms with Crippen LogP contribution in [0, 0.1) is 13.8 Å². The number of aryl methyl sites for hydroxylation is 2. The molecule has 0 radical (unpaired) electrons. The molecule has 0 bridgehead atoms. The molecule has 2 atom stereocenters. The Morgan fingerprint density at radius 3 is 1.58 bits per heavy atom. The summed E-state index contributed by atoms with van der Waals surface area (Å²) in [7, 11) is 4.39. The SMILES string of the molecule is Cc1cc(CC(=O)Nc2ccc(C3Cc4cnc(NCCCN5CCN(C)CC5)nc4-c4ccccc43)cc2)ccc1Br.Cc1csc(C(=O)Nc2ccc(C3Cc4cnc(NCCCN5CCN(C)CC5)nc4-c4ccccc43)cc2)c1. The van der Waals surface area contributed by atoms with E-state index in [2.05, 4.69) is 154 Å². The summed E-state index contributed by atoms with van der Waals surface area (Å²) in [6.07, 6.45) is 8.16. The van der Waals surface area contributed by atoms with Crippen molar-refractivity contribution in [1.82, 2.24) is 39.5 Å². The van der Waals surface area contributed by atoms with E-state index >= 15 is 0 Å². The van der Waals surface area contributed by atoms with Crippen molar-refractivity contribution in [2.45, 2.75) is 57.8 Å². The maximum atomic E-state index is 12.7. The minimum Gasteiger partial charge on any atom is -0.354 e. The summed E-state index contributed by atoms with van der Waals surface area (Å²) in [5.41, 5.74) is 16.5. The average Bonchev–Trinajstić information content (AvgIpc) is 4.03. The molecule has 428 valence electrons. The van der Waals surface area contributed by atoms with E-state index in [9.17, 15) is 9.59 Å². The maximum absolute atomic E-state index is 12.7. The summed E-state index contributed by atoms with van der Waals surface area (Å²) in [5.74, 6) is 1.72. The molecule has 8 aromatic rings. The molecule has 0 saturated carbocycles. The van der Waals surface area contributed by atoms with Crippen LogP contribution in [0.4, 0.5) is 23.3 Å². The molecule has 5 aromatic carbocycles. The third kappa shape index (κ3) is 14.6. The molecule has 14 nitrogen and oxygen atoms in total. The third-order valence-electron chi connectivity index (χ3n) is 16.5. The molecule has 3 aromatic heterocycles. The van der Waals surface area contributed by atoms with Crippen molar-refractivity contribution in [3.63, 3.8) is 0 Å². The number of aromatic nitrogens is 4. The first-order chi connectivity index (χ1) is 40.5. The number of benzene rings is 5. The summed E-state index contributed by atoms with van der Waals surface area (Å²) < 4.78 is 1.05. The van der Waals surface area contributed by atoms with Crippen LogP contribution in [0.5, 0.6) is 0 Å². The summed E-state index contributed by atoms with van der Waals surface area (Å²) >= 11 is 4.99. The maximum Gasteiger partial charge on any atom is 0.265 e. The zero-order valence-electron chi connectivity index (χ0n) is 48.1. The molecule has 5 heterocycles. The second-order valence-electron chi connectivity index (χ2n) is 22.7. The molecule has 4 N–H and O–H groups in total. The Balaban J connectivity index is 0.000000174. The van der Waals surface area contributed by atoms with Crippen LogP contribution >= 0.6 is 27.3 Å². The van der Waals surface area contributed by atoms with Gasteiger partial charge in [0.05, 0.1) is 22.7 Å². The number of nitrogens with one attached hydrogen (secondary N) is 4. The van der Waals surface area contributed by atoms with E-state index in [-0.39, 0.29) is 23.7 Å². The highest BCUT2D eigenvalue weighted by Gasteiger charge is 2.29. The van der Waals surface area contributed by atoms with E-state index in [1.807, 2.05) is 80.2 Å². The van der Waals surface area contributed by atoms with E-state index in [1.54, 1.807) is 0 Å². The Morgan fingerprint density at radius 2 is 1.10 bits per heavy atom. The van der Waals surface area contributed by atoms with Gasteiger partial charge in [0, 0.05) is 117 Å². The Morgan fingerprint density at radius 1 is 0.602 bits per heavy atom. The molecule has 83 heavy (non-hydrogen) atoms. The van der Waals surface area contributed by atoms with E-state index < -0.39 is 0 Å². The third-order valence-corrected chi connectivity index (χ3v) is 18.5. The van der Waals surface area contributed by atoms with Crippen molar-refractivity contribution in [1.29, 1.82) is 0 Å². The predicted octanol–water partition coefficient (Wildman–Crippen LogP) is 11.6. The number of rotatable bonds is 17. The van der Waals surface area contributed by atoms with Crippen molar-refractivity contribution in [3.05, 3.63) is 199 Å². The van der Waals surface area contributed by atoms with Gasteiger partial charge < -0.3 is 40.9 Å². The van der Waals surface area contributed by atoms with Crippen LogP contribution in [0.2, 0.25) is 0 Å². The van der Waals surface area contributed by atoms with Gasteiger partial charge in [0.2, 0.25) is 17.8 Å². The second-order valence-corrected chi connectivity index (χ2v) is 24.4. The van der Waals surface area contributed by atoms with Gasteiger partial charge in [-0.05, 0) is 159 Å². The summed E-state index contributed by atoms with van der Waals surface area (Å²) in [6, 6.07) is 41.6. The van der Waals surface area contributed by atoms with Gasteiger partial charge in [0.15, 0.2) is 0 Å². The standard InChI is InChI=1S/C35H39BrN6O.C32H36N6OS/c1-24-20-25(8-13-32(24)36)21-33(43)39-28-11-9-26(10-12-28)31-22-27-23-38-35(40-34(27)30-7-4-3-6-29(30)31)37-14-5-15-42-18-16-41(2)17-19-42;1-22-18-29(40-21-22)31(39)35-25-10-8-23(9-11-25)28-19-24-20-34-32(36-30(24)27-7-4-3-6-26(27)28)33-12-5-13-38-16-14-37(2)15-17-38/h3-4,6-13,20,23,31H,5,14-19,21-22H2,1-2H3,(H,39,43)(H,37,38,40);3-4,6-11,18,20-21,28H,5,12-17,19H2,1-2H3,(H,35,39)(H,33,34,36). The normalized spacial score (nSPS) is 17.0. The summed E-state index contributed by atoms with van der Waals surface area (Å²) in [4.78, 5) is 55.2. The molecule has 16 heteroatoms. The minimum absolute atomic E-state index is 0.0210. The van der Waals surface area contributed by atoms with Crippen LogP contribution in [0.15, 0.2) is 144 Å². The number of nitrogens with zero attached hydrogens (tertiary/aromatic N) is 8. The number of hydrogen-bond donors (Lipinski definition) is 4. The smallest absolute Gasteiger partial charge is 0.265 e. The van der Waals surface area contributed by atoms with Gasteiger partial charge in [-0.2, -0.15) is 0 Å². The topological polar surface area (TPSA) is 147 Å². The van der Waals surface area contributed by atoms with Gasteiger partial charge in [-0.25, -0.2) is 19.9 Å². The van der Waals surface area contributed by atoms with E-state index in [4.69, 9.17) is 9.97 Å². The van der Waals surface area contributed by atoms with E-state index in [1.165, 1.54) is 44.7 Å². The van der Waals surface area contributed by atoms with Crippen LogP contribution in [-0.2, 0) is 24.1 Å². The molecule has 2 aliphatic heterocycles. The number of carbonyl (C=O) groups is 2. The Kier molecular flexibility index (Phi) is 18.8. The van der Waals surface area contributed by atoms with Gasteiger partial charge in [-0.1, -0.05) is 101 Å². The second kappa shape index (κ2) is 27.0. The number of halogens is 1. The lowest BCUT2D eigenvalue weighted by molar-refractivity contribution is -0.115. The van der Waals surface area contributed by atoms with E-state index in [0.29, 0.717) is 18.3 Å². The fourth-order valence-electron chi connectivity index (χ4n) is 11.7. The molecule has 2 fully saturated rings. The lowest BCUT2D eigenvalue weighted by Gasteiger charge is -2.32. The number of anilines is 4. The first-order valence-electron chi connectivity index (χ1n) is 29.3. The molecule has 4 aliphatic rings. The highest BCUT2D eigenvalue weighted by Crippen LogP contribution is 2.44. The van der Waals surface area contributed by atoms with E-state index in [0.717, 1.165) is 164 Å². The monoisotopic (exact) mass is 1190 g/mol. The number of amides is 2. The number of likely N-dealkylation sites (N-methyl/N-ethyl adjacent to an activating group) is 2. The molecular weight excluding hydrogens is 1120 g/mol. The fraction of sp³-hybridized carbons (Fsp3) is 0.343. The van der Waals surface area contributed by atoms with Crippen LogP contribution in [0.1, 0.15) is 84.4 Å². The van der Waals surface area contributed by atoms with Gasteiger partial charge in [0.1, 0.15) is 0 Å². The molecular formula is C67H75BrN12O2S.